The smallest absolute Gasteiger partial charge is 0.0657 e. The quantitative estimate of drug-likeness (QED) is 0.330. The number of allylic oxidation sites excluding steroid dienone is 1. The molecule has 2 nitrogen and oxygen atoms in total. The monoisotopic (exact) mass is 392 g/mol. The Balaban J connectivity index is 5.92. The Kier molecular flexibility index (Phi) is 11.1. The van der Waals surface area contributed by atoms with Gasteiger partial charge in [-0.05, 0) is 64.2 Å². The summed E-state index contributed by atoms with van der Waals surface area (Å²) in [4.78, 5) is 0. The van der Waals surface area contributed by atoms with Gasteiger partial charge in [0.15, 0.2) is 0 Å². The van der Waals surface area contributed by atoms with Gasteiger partial charge in [0, 0.05) is 16.4 Å². The van der Waals surface area contributed by atoms with Crippen molar-refractivity contribution in [3.05, 3.63) is 12.2 Å². The molecule has 28 heavy (non-hydrogen) atoms. The van der Waals surface area contributed by atoms with E-state index >= 15 is 0 Å². The third kappa shape index (κ3) is 6.64. The van der Waals surface area contributed by atoms with Crippen molar-refractivity contribution in [2.75, 3.05) is 0 Å². The van der Waals surface area contributed by atoms with Crippen LogP contribution in [0.5, 0.6) is 0 Å². The summed E-state index contributed by atoms with van der Waals surface area (Å²) in [7, 11) is 0. The number of rotatable bonds is 13. The van der Waals surface area contributed by atoms with Crippen molar-refractivity contribution >= 4 is 0 Å². The molecule has 0 unspecified atom stereocenters. The summed E-state index contributed by atoms with van der Waals surface area (Å²) >= 11 is 0. The average Bonchev–Trinajstić information content (AvgIpc) is 2.74. The minimum absolute atomic E-state index is 0.160. The van der Waals surface area contributed by atoms with Crippen LogP contribution in [0.25, 0.3) is 0 Å². The Morgan fingerprint density at radius 3 is 1.36 bits per heavy atom. The van der Waals surface area contributed by atoms with Crippen LogP contribution in [0.4, 0.5) is 0 Å². The highest BCUT2D eigenvalue weighted by Crippen LogP contribution is 2.44. The lowest BCUT2D eigenvalue weighted by molar-refractivity contribution is -0.0101. The molecule has 0 bridgehead atoms. The van der Waals surface area contributed by atoms with Crippen LogP contribution in [-0.4, -0.2) is 21.4 Å². The molecule has 0 amide bonds. The van der Waals surface area contributed by atoms with E-state index in [9.17, 15) is 10.2 Å². The SMILES string of the molecule is C=C(C#CC(CC)(CC)CC(O)(CC)CC)C(CC)(CC)CC(O)(CC)CC. The van der Waals surface area contributed by atoms with Gasteiger partial charge in [-0.2, -0.15) is 0 Å². The Morgan fingerprint density at radius 2 is 1.04 bits per heavy atom. The van der Waals surface area contributed by atoms with Crippen LogP contribution in [0.3, 0.4) is 0 Å². The van der Waals surface area contributed by atoms with Gasteiger partial charge in [-0.1, -0.05) is 73.8 Å². The van der Waals surface area contributed by atoms with Crippen LogP contribution in [0.15, 0.2) is 12.2 Å². The second-order valence-electron chi connectivity index (χ2n) is 8.92. The van der Waals surface area contributed by atoms with Gasteiger partial charge < -0.3 is 10.2 Å². The summed E-state index contributed by atoms with van der Waals surface area (Å²) in [6.07, 6.45) is 8.13. The zero-order valence-electron chi connectivity index (χ0n) is 20.2. The second-order valence-corrected chi connectivity index (χ2v) is 8.92. The van der Waals surface area contributed by atoms with E-state index in [1.165, 1.54) is 0 Å². The lowest BCUT2D eigenvalue weighted by atomic mass is 9.67. The lowest BCUT2D eigenvalue weighted by Crippen LogP contribution is -2.37. The molecule has 0 heterocycles. The summed E-state index contributed by atoms with van der Waals surface area (Å²) in [5.74, 6) is 7.00. The fourth-order valence-electron chi connectivity index (χ4n) is 4.35. The van der Waals surface area contributed by atoms with Gasteiger partial charge in [0.25, 0.3) is 0 Å². The average molecular weight is 393 g/mol. The van der Waals surface area contributed by atoms with E-state index in [0.717, 1.165) is 56.9 Å². The highest BCUT2D eigenvalue weighted by molar-refractivity contribution is 5.35. The molecule has 0 aromatic rings. The number of aliphatic hydroxyl groups is 2. The Hall–Kier alpha value is -0.780. The summed E-state index contributed by atoms with van der Waals surface area (Å²) in [6.45, 7) is 21.3. The summed E-state index contributed by atoms with van der Waals surface area (Å²) in [6, 6.07) is 0. The molecule has 164 valence electrons. The molecule has 0 radical (unpaired) electrons. The van der Waals surface area contributed by atoms with Gasteiger partial charge in [-0.3, -0.25) is 0 Å². The fraction of sp³-hybridized carbons (Fsp3) is 0.846. The minimum atomic E-state index is -0.659. The lowest BCUT2D eigenvalue weighted by Gasteiger charge is -2.40. The van der Waals surface area contributed by atoms with Gasteiger partial charge in [0.05, 0.1) is 11.2 Å². The molecule has 0 atom stereocenters. The van der Waals surface area contributed by atoms with Crippen LogP contribution < -0.4 is 0 Å². The first-order valence-corrected chi connectivity index (χ1v) is 11.7. The van der Waals surface area contributed by atoms with E-state index in [2.05, 4.69) is 73.8 Å². The van der Waals surface area contributed by atoms with E-state index in [1.54, 1.807) is 0 Å². The predicted octanol–water partition coefficient (Wildman–Crippen LogP) is 7.04. The molecule has 0 aromatic heterocycles. The fourth-order valence-corrected chi connectivity index (χ4v) is 4.35. The predicted molar refractivity (Wildman–Crippen MR) is 123 cm³/mol. The Morgan fingerprint density at radius 1 is 0.643 bits per heavy atom. The summed E-state index contributed by atoms with van der Waals surface area (Å²) in [5.41, 5.74) is -0.719. The first-order valence-electron chi connectivity index (χ1n) is 11.7. The highest BCUT2D eigenvalue weighted by atomic mass is 16.3. The topological polar surface area (TPSA) is 40.5 Å². The third-order valence-corrected chi connectivity index (χ3v) is 7.79. The second kappa shape index (κ2) is 11.4. The standard InChI is InChI=1S/C26H48O2/c1-10-23(11-2,20-25(27,14-5)15-6)19-18-22(9)24(12-3,13-4)21-26(28,16-7)17-8/h27-28H,9-17,20-21H2,1-8H3. The largest absolute Gasteiger partial charge is 0.390 e. The maximum atomic E-state index is 11.0. The van der Waals surface area contributed by atoms with Crippen molar-refractivity contribution < 1.29 is 10.2 Å². The van der Waals surface area contributed by atoms with Crippen molar-refractivity contribution in [3.63, 3.8) is 0 Å². The molecule has 0 saturated heterocycles. The first-order chi connectivity index (χ1) is 13.0. The van der Waals surface area contributed by atoms with Crippen molar-refractivity contribution in [1.82, 2.24) is 0 Å². The number of hydrogen-bond donors (Lipinski definition) is 2. The molecular weight excluding hydrogens is 344 g/mol. The maximum Gasteiger partial charge on any atom is 0.0657 e. The van der Waals surface area contributed by atoms with E-state index in [4.69, 9.17) is 0 Å². The van der Waals surface area contributed by atoms with Crippen molar-refractivity contribution in [2.24, 2.45) is 10.8 Å². The molecule has 0 saturated carbocycles. The van der Waals surface area contributed by atoms with Crippen LogP contribution in [0.2, 0.25) is 0 Å². The van der Waals surface area contributed by atoms with E-state index in [0.29, 0.717) is 12.8 Å². The highest BCUT2D eigenvalue weighted by Gasteiger charge is 2.39. The van der Waals surface area contributed by atoms with Crippen molar-refractivity contribution in [1.29, 1.82) is 0 Å². The normalized spacial score (nSPS) is 13.2. The summed E-state index contributed by atoms with van der Waals surface area (Å²) < 4.78 is 0. The molecular formula is C26H48O2. The minimum Gasteiger partial charge on any atom is -0.390 e. The molecule has 0 rings (SSSR count). The van der Waals surface area contributed by atoms with Crippen LogP contribution >= 0.6 is 0 Å². The molecule has 0 spiro atoms. The van der Waals surface area contributed by atoms with Crippen molar-refractivity contribution in [3.8, 4) is 11.8 Å². The molecule has 0 aliphatic rings. The van der Waals surface area contributed by atoms with E-state index in [1.807, 2.05) is 0 Å². The van der Waals surface area contributed by atoms with Gasteiger partial charge in [0.1, 0.15) is 0 Å². The first kappa shape index (κ1) is 27.2. The van der Waals surface area contributed by atoms with Crippen LogP contribution in [-0.2, 0) is 0 Å². The molecule has 2 N–H and O–H groups in total. The van der Waals surface area contributed by atoms with Crippen LogP contribution in [0, 0.1) is 22.7 Å². The molecule has 0 aliphatic heterocycles. The van der Waals surface area contributed by atoms with Gasteiger partial charge in [-0.15, -0.1) is 0 Å². The molecule has 0 aromatic carbocycles. The van der Waals surface area contributed by atoms with Gasteiger partial charge in [-0.25, -0.2) is 0 Å². The zero-order valence-corrected chi connectivity index (χ0v) is 20.2. The molecule has 0 aliphatic carbocycles. The van der Waals surface area contributed by atoms with Crippen molar-refractivity contribution in [2.45, 2.75) is 131 Å². The van der Waals surface area contributed by atoms with E-state index < -0.39 is 11.2 Å². The Labute approximate surface area is 176 Å². The maximum absolute atomic E-state index is 11.0. The molecule has 2 heteroatoms. The van der Waals surface area contributed by atoms with E-state index in [-0.39, 0.29) is 10.8 Å². The van der Waals surface area contributed by atoms with Gasteiger partial charge in [0.2, 0.25) is 0 Å². The van der Waals surface area contributed by atoms with Crippen LogP contribution in [0.1, 0.15) is 120 Å². The Bertz CT molecular complexity index is 518. The number of hydrogen-bond acceptors (Lipinski definition) is 2. The van der Waals surface area contributed by atoms with Gasteiger partial charge >= 0.3 is 0 Å². The molecule has 0 fully saturated rings. The third-order valence-electron chi connectivity index (χ3n) is 7.79. The zero-order chi connectivity index (χ0) is 22.1. The summed E-state index contributed by atoms with van der Waals surface area (Å²) in [5, 5.41) is 21.9.